The second-order valence-corrected chi connectivity index (χ2v) is 6.33. The minimum atomic E-state index is 0.241. The Bertz CT molecular complexity index is 780. The molecule has 1 N–H and O–H groups in total. The van der Waals surface area contributed by atoms with E-state index >= 15 is 0 Å². The molecular weight excluding hydrogens is 322 g/mol. The standard InChI is InChI=1S/C19H18ClN3O/c20-17-8-7-16(11-21)18(10-17)22-12-14-3-5-15(6-4-14)13-23-9-1-2-19(23)24/h3-8,10,22H,1-2,9,12-13H2. The van der Waals surface area contributed by atoms with E-state index in [0.29, 0.717) is 30.1 Å². The molecule has 3 rings (SSSR count). The Kier molecular flexibility index (Phi) is 5.02. The van der Waals surface area contributed by atoms with Crippen LogP contribution in [0.15, 0.2) is 42.5 Å². The molecule has 2 aromatic rings. The summed E-state index contributed by atoms with van der Waals surface area (Å²) in [7, 11) is 0. The van der Waals surface area contributed by atoms with Gasteiger partial charge in [0.2, 0.25) is 5.91 Å². The molecule has 0 unspecified atom stereocenters. The van der Waals surface area contributed by atoms with E-state index in [9.17, 15) is 4.79 Å². The predicted octanol–water partition coefficient (Wildman–Crippen LogP) is 3.95. The van der Waals surface area contributed by atoms with E-state index < -0.39 is 0 Å². The normalized spacial score (nSPS) is 13.8. The zero-order chi connectivity index (χ0) is 16.9. The number of amides is 1. The molecule has 1 aliphatic heterocycles. The average molecular weight is 340 g/mol. The van der Waals surface area contributed by atoms with Gasteiger partial charge >= 0.3 is 0 Å². The highest BCUT2D eigenvalue weighted by Crippen LogP contribution is 2.21. The van der Waals surface area contributed by atoms with Gasteiger partial charge in [-0.2, -0.15) is 5.26 Å². The van der Waals surface area contributed by atoms with E-state index in [0.717, 1.165) is 29.8 Å². The molecule has 0 spiro atoms. The Morgan fingerprint density at radius 2 is 1.92 bits per heavy atom. The zero-order valence-electron chi connectivity index (χ0n) is 13.3. The predicted molar refractivity (Wildman–Crippen MR) is 94.6 cm³/mol. The van der Waals surface area contributed by atoms with Crippen molar-refractivity contribution in [1.82, 2.24) is 4.90 Å². The molecular formula is C19H18ClN3O. The smallest absolute Gasteiger partial charge is 0.222 e. The van der Waals surface area contributed by atoms with Gasteiger partial charge in [0.15, 0.2) is 0 Å². The van der Waals surface area contributed by atoms with Crippen LogP contribution in [-0.4, -0.2) is 17.4 Å². The second kappa shape index (κ2) is 7.37. The lowest BCUT2D eigenvalue weighted by molar-refractivity contribution is -0.128. The van der Waals surface area contributed by atoms with Crippen molar-refractivity contribution >= 4 is 23.2 Å². The number of carbonyl (C=O) groups is 1. The highest BCUT2D eigenvalue weighted by molar-refractivity contribution is 6.30. The summed E-state index contributed by atoms with van der Waals surface area (Å²) in [5.41, 5.74) is 3.55. The van der Waals surface area contributed by atoms with Crippen LogP contribution < -0.4 is 5.32 Å². The molecule has 1 heterocycles. The topological polar surface area (TPSA) is 56.1 Å². The fourth-order valence-corrected chi connectivity index (χ4v) is 2.98. The summed E-state index contributed by atoms with van der Waals surface area (Å²) in [4.78, 5) is 13.6. The number of likely N-dealkylation sites (tertiary alicyclic amines) is 1. The molecule has 122 valence electrons. The first kappa shape index (κ1) is 16.4. The van der Waals surface area contributed by atoms with Crippen LogP contribution in [0, 0.1) is 11.3 Å². The van der Waals surface area contributed by atoms with Crippen molar-refractivity contribution in [2.24, 2.45) is 0 Å². The van der Waals surface area contributed by atoms with E-state index in [-0.39, 0.29) is 5.91 Å². The number of nitriles is 1. The maximum Gasteiger partial charge on any atom is 0.222 e. The van der Waals surface area contributed by atoms with Crippen molar-refractivity contribution in [3.8, 4) is 6.07 Å². The average Bonchev–Trinajstić information content (AvgIpc) is 2.99. The summed E-state index contributed by atoms with van der Waals surface area (Å²) in [6.07, 6.45) is 1.63. The minimum Gasteiger partial charge on any atom is -0.380 e. The van der Waals surface area contributed by atoms with E-state index in [1.807, 2.05) is 29.2 Å². The highest BCUT2D eigenvalue weighted by atomic mass is 35.5. The molecule has 1 fully saturated rings. The van der Waals surface area contributed by atoms with Crippen molar-refractivity contribution in [1.29, 1.82) is 5.26 Å². The zero-order valence-corrected chi connectivity index (χ0v) is 14.0. The maximum absolute atomic E-state index is 11.7. The van der Waals surface area contributed by atoms with Gasteiger partial charge in [-0.1, -0.05) is 35.9 Å². The van der Waals surface area contributed by atoms with Crippen molar-refractivity contribution < 1.29 is 4.79 Å². The van der Waals surface area contributed by atoms with Crippen molar-refractivity contribution in [3.63, 3.8) is 0 Å². The lowest BCUT2D eigenvalue weighted by atomic mass is 10.1. The molecule has 1 amide bonds. The first-order valence-corrected chi connectivity index (χ1v) is 8.32. The lowest BCUT2D eigenvalue weighted by Gasteiger charge is -2.15. The molecule has 5 heteroatoms. The Morgan fingerprint density at radius 1 is 1.17 bits per heavy atom. The molecule has 0 saturated carbocycles. The van der Waals surface area contributed by atoms with Gasteiger partial charge in [-0.25, -0.2) is 0 Å². The van der Waals surface area contributed by atoms with Gasteiger partial charge in [0.05, 0.1) is 11.3 Å². The Labute approximate surface area is 146 Å². The number of hydrogen-bond acceptors (Lipinski definition) is 3. The monoisotopic (exact) mass is 339 g/mol. The minimum absolute atomic E-state index is 0.241. The first-order chi connectivity index (χ1) is 11.7. The van der Waals surface area contributed by atoms with Crippen LogP contribution in [0.25, 0.3) is 0 Å². The molecule has 4 nitrogen and oxygen atoms in total. The van der Waals surface area contributed by atoms with Gasteiger partial charge in [0.1, 0.15) is 6.07 Å². The Balaban J connectivity index is 1.61. The quantitative estimate of drug-likeness (QED) is 0.897. The van der Waals surface area contributed by atoms with Crippen LogP contribution in [-0.2, 0) is 17.9 Å². The highest BCUT2D eigenvalue weighted by Gasteiger charge is 2.19. The molecule has 0 aromatic heterocycles. The number of nitrogens with zero attached hydrogens (tertiary/aromatic N) is 2. The van der Waals surface area contributed by atoms with E-state index in [2.05, 4.69) is 11.4 Å². The van der Waals surface area contributed by atoms with Gasteiger partial charge in [-0.15, -0.1) is 0 Å². The molecule has 0 aliphatic carbocycles. The number of carbonyl (C=O) groups excluding carboxylic acids is 1. The van der Waals surface area contributed by atoms with Gasteiger partial charge in [0, 0.05) is 31.1 Å². The number of anilines is 1. The third-order valence-electron chi connectivity index (χ3n) is 4.15. The van der Waals surface area contributed by atoms with Gasteiger partial charge in [-0.3, -0.25) is 4.79 Å². The van der Waals surface area contributed by atoms with E-state index in [1.165, 1.54) is 0 Å². The summed E-state index contributed by atoms with van der Waals surface area (Å²) in [5, 5.41) is 13.0. The van der Waals surface area contributed by atoms with Crippen LogP contribution in [0.5, 0.6) is 0 Å². The summed E-state index contributed by atoms with van der Waals surface area (Å²) < 4.78 is 0. The Morgan fingerprint density at radius 3 is 2.58 bits per heavy atom. The molecule has 24 heavy (non-hydrogen) atoms. The van der Waals surface area contributed by atoms with Crippen LogP contribution >= 0.6 is 11.6 Å². The SMILES string of the molecule is N#Cc1ccc(Cl)cc1NCc1ccc(CN2CCCC2=O)cc1. The molecule has 1 saturated heterocycles. The fraction of sp³-hybridized carbons (Fsp3) is 0.263. The summed E-state index contributed by atoms with van der Waals surface area (Å²) >= 11 is 5.99. The third-order valence-corrected chi connectivity index (χ3v) is 4.39. The lowest BCUT2D eigenvalue weighted by Crippen LogP contribution is -2.23. The number of halogens is 1. The molecule has 2 aromatic carbocycles. The number of benzene rings is 2. The van der Waals surface area contributed by atoms with Crippen LogP contribution in [0.2, 0.25) is 5.02 Å². The maximum atomic E-state index is 11.7. The number of rotatable bonds is 5. The van der Waals surface area contributed by atoms with Crippen molar-refractivity contribution in [2.45, 2.75) is 25.9 Å². The van der Waals surface area contributed by atoms with Gasteiger partial charge in [-0.05, 0) is 35.7 Å². The second-order valence-electron chi connectivity index (χ2n) is 5.89. The molecule has 0 atom stereocenters. The molecule has 1 aliphatic rings. The van der Waals surface area contributed by atoms with Crippen molar-refractivity contribution in [2.75, 3.05) is 11.9 Å². The van der Waals surface area contributed by atoms with Crippen LogP contribution in [0.3, 0.4) is 0 Å². The first-order valence-electron chi connectivity index (χ1n) is 7.95. The Hall–Kier alpha value is -2.51. The van der Waals surface area contributed by atoms with Crippen molar-refractivity contribution in [3.05, 3.63) is 64.2 Å². The van der Waals surface area contributed by atoms with Gasteiger partial charge in [0.25, 0.3) is 0 Å². The van der Waals surface area contributed by atoms with E-state index in [1.54, 1.807) is 18.2 Å². The van der Waals surface area contributed by atoms with Crippen LogP contribution in [0.1, 0.15) is 29.5 Å². The summed E-state index contributed by atoms with van der Waals surface area (Å²) in [6, 6.07) is 15.5. The fourth-order valence-electron chi connectivity index (χ4n) is 2.81. The third kappa shape index (κ3) is 3.87. The molecule has 0 bridgehead atoms. The number of nitrogens with one attached hydrogen (secondary N) is 1. The summed E-state index contributed by atoms with van der Waals surface area (Å²) in [5.74, 6) is 0.241. The summed E-state index contributed by atoms with van der Waals surface area (Å²) in [6.45, 7) is 2.14. The van der Waals surface area contributed by atoms with Crippen LogP contribution in [0.4, 0.5) is 5.69 Å². The van der Waals surface area contributed by atoms with Gasteiger partial charge < -0.3 is 10.2 Å². The molecule has 0 radical (unpaired) electrons. The number of hydrogen-bond donors (Lipinski definition) is 1. The largest absolute Gasteiger partial charge is 0.380 e. The van der Waals surface area contributed by atoms with E-state index in [4.69, 9.17) is 16.9 Å².